The summed E-state index contributed by atoms with van der Waals surface area (Å²) in [5.74, 6) is 0.613. The maximum atomic E-state index is 13.2. The zero-order chi connectivity index (χ0) is 26.1. The van der Waals surface area contributed by atoms with Gasteiger partial charge in [-0.2, -0.15) is 10.4 Å². The number of hydrogen-bond acceptors (Lipinski definition) is 10. The highest BCUT2D eigenvalue weighted by atomic mass is 32.2. The zero-order valence-electron chi connectivity index (χ0n) is 19.7. The van der Waals surface area contributed by atoms with Crippen molar-refractivity contribution in [2.24, 2.45) is 5.10 Å². The van der Waals surface area contributed by atoms with Crippen molar-refractivity contribution in [3.05, 3.63) is 63.3 Å². The van der Waals surface area contributed by atoms with Gasteiger partial charge in [0.15, 0.2) is 0 Å². The van der Waals surface area contributed by atoms with E-state index in [-0.39, 0.29) is 28.7 Å². The molecule has 0 amide bonds. The predicted molar refractivity (Wildman–Crippen MR) is 135 cm³/mol. The van der Waals surface area contributed by atoms with Crippen LogP contribution in [0.3, 0.4) is 0 Å². The van der Waals surface area contributed by atoms with E-state index in [2.05, 4.69) is 20.5 Å². The first-order valence-corrected chi connectivity index (χ1v) is 12.6. The molecule has 2 heterocycles. The number of hydrazone groups is 1. The molecule has 12 heteroatoms. The van der Waals surface area contributed by atoms with Gasteiger partial charge in [0, 0.05) is 16.7 Å². The zero-order valence-corrected chi connectivity index (χ0v) is 21.4. The fourth-order valence-corrected chi connectivity index (χ4v) is 4.82. The Labute approximate surface area is 215 Å². The van der Waals surface area contributed by atoms with Crippen molar-refractivity contribution >= 4 is 40.4 Å². The van der Waals surface area contributed by atoms with E-state index in [1.165, 1.54) is 36.3 Å². The third-order valence-corrected chi connectivity index (χ3v) is 6.58. The van der Waals surface area contributed by atoms with Crippen LogP contribution in [0.5, 0.6) is 5.75 Å². The Bertz CT molecular complexity index is 1290. The molecule has 0 radical (unpaired) electrons. The summed E-state index contributed by atoms with van der Waals surface area (Å²) < 4.78 is 36.8. The molecule has 36 heavy (non-hydrogen) atoms. The Morgan fingerprint density at radius 1 is 1.36 bits per heavy atom. The van der Waals surface area contributed by atoms with Crippen LogP contribution >= 0.6 is 23.1 Å². The minimum Gasteiger partial charge on any atom is -0.496 e. The summed E-state index contributed by atoms with van der Waals surface area (Å²) in [5, 5.41) is 16.2. The maximum absolute atomic E-state index is 13.2. The molecule has 0 bridgehead atoms. The van der Waals surface area contributed by atoms with Crippen LogP contribution in [0.1, 0.15) is 47.0 Å². The summed E-state index contributed by atoms with van der Waals surface area (Å²) in [4.78, 5) is 19.9. The number of carbonyl (C=O) groups is 1. The number of thioether (sulfide) groups is 1. The monoisotopic (exact) mass is 531 g/mol. The first-order valence-electron chi connectivity index (χ1n) is 10.7. The highest BCUT2D eigenvalue weighted by molar-refractivity contribution is 7.98. The lowest BCUT2D eigenvalue weighted by Crippen LogP contribution is -2.07. The van der Waals surface area contributed by atoms with Gasteiger partial charge in [-0.25, -0.2) is 18.7 Å². The minimum absolute atomic E-state index is 0.0946. The van der Waals surface area contributed by atoms with Crippen LogP contribution in [0.4, 0.5) is 13.9 Å². The van der Waals surface area contributed by atoms with Crippen molar-refractivity contribution in [3.8, 4) is 11.8 Å². The topological polar surface area (TPSA) is 109 Å². The maximum Gasteiger partial charge on any atom is 0.311 e. The molecule has 8 nitrogen and oxygen atoms in total. The Morgan fingerprint density at radius 3 is 2.86 bits per heavy atom. The van der Waals surface area contributed by atoms with Gasteiger partial charge in [-0.3, -0.25) is 10.2 Å². The third-order valence-electron chi connectivity index (χ3n) is 4.76. The van der Waals surface area contributed by atoms with E-state index in [0.717, 1.165) is 11.1 Å². The van der Waals surface area contributed by atoms with Crippen molar-refractivity contribution in [1.82, 2.24) is 9.97 Å². The van der Waals surface area contributed by atoms with Gasteiger partial charge < -0.3 is 9.47 Å². The molecule has 1 aromatic carbocycles. The lowest BCUT2D eigenvalue weighted by atomic mass is 10.1. The molecular formula is C24H23F2N5O3S2. The number of aryl methyl sites for hydroxylation is 1. The average Bonchev–Trinajstić information content (AvgIpc) is 3.29. The number of esters is 1. The van der Waals surface area contributed by atoms with Gasteiger partial charge in [-0.05, 0) is 49.2 Å². The molecule has 0 fully saturated rings. The summed E-state index contributed by atoms with van der Waals surface area (Å²) in [7, 11) is 1.54. The first kappa shape index (κ1) is 27.0. The largest absolute Gasteiger partial charge is 0.496 e. The molecule has 0 saturated carbocycles. The van der Waals surface area contributed by atoms with Gasteiger partial charge in [0.25, 0.3) is 6.43 Å². The summed E-state index contributed by atoms with van der Waals surface area (Å²) >= 11 is 2.50. The van der Waals surface area contributed by atoms with Gasteiger partial charge in [0.2, 0.25) is 5.13 Å². The first-order chi connectivity index (χ1) is 17.3. The van der Waals surface area contributed by atoms with Gasteiger partial charge in [-0.15, -0.1) is 23.1 Å². The second-order valence-corrected chi connectivity index (χ2v) is 9.13. The van der Waals surface area contributed by atoms with E-state index in [4.69, 9.17) is 9.47 Å². The number of benzene rings is 1. The van der Waals surface area contributed by atoms with E-state index in [9.17, 15) is 18.8 Å². The number of nitrogens with one attached hydrogen (secondary N) is 1. The minimum atomic E-state index is -2.73. The van der Waals surface area contributed by atoms with Crippen LogP contribution in [0.25, 0.3) is 0 Å². The number of halogens is 2. The lowest BCUT2D eigenvalue weighted by molar-refractivity contribution is -0.142. The summed E-state index contributed by atoms with van der Waals surface area (Å²) in [5.41, 5.74) is 5.34. The van der Waals surface area contributed by atoms with Crippen molar-refractivity contribution in [2.75, 3.05) is 19.1 Å². The number of alkyl halides is 2. The molecule has 0 aliphatic rings. The van der Waals surface area contributed by atoms with Crippen LogP contribution in [0.15, 0.2) is 39.8 Å². The Kier molecular flexibility index (Phi) is 9.72. The number of ether oxygens (including phenoxy) is 2. The van der Waals surface area contributed by atoms with Gasteiger partial charge in [0.05, 0.1) is 37.6 Å². The fourth-order valence-electron chi connectivity index (χ4n) is 3.12. The van der Waals surface area contributed by atoms with E-state index in [1.54, 1.807) is 31.5 Å². The van der Waals surface area contributed by atoms with Crippen LogP contribution in [0.2, 0.25) is 0 Å². The molecule has 0 unspecified atom stereocenters. The molecule has 0 saturated heterocycles. The van der Waals surface area contributed by atoms with Crippen LogP contribution in [0, 0.1) is 18.3 Å². The van der Waals surface area contributed by atoms with Crippen molar-refractivity contribution in [2.45, 2.75) is 37.5 Å². The molecule has 188 valence electrons. The molecule has 0 atom stereocenters. The molecular weight excluding hydrogens is 508 g/mol. The quantitative estimate of drug-likeness (QED) is 0.149. The summed E-state index contributed by atoms with van der Waals surface area (Å²) in [6.07, 6.45) is -1.03. The number of carbonyl (C=O) groups excluding carboxylic acids is 1. The van der Waals surface area contributed by atoms with E-state index < -0.39 is 6.43 Å². The molecule has 3 aromatic rings. The molecule has 0 aliphatic carbocycles. The van der Waals surface area contributed by atoms with Crippen LogP contribution in [-0.4, -0.2) is 35.9 Å². The van der Waals surface area contributed by atoms with E-state index in [0.29, 0.717) is 34.5 Å². The van der Waals surface area contributed by atoms with Gasteiger partial charge >= 0.3 is 5.97 Å². The number of hydrogen-bond donors (Lipinski definition) is 1. The molecule has 2 aromatic heterocycles. The Hall–Kier alpha value is -3.56. The normalized spacial score (nSPS) is 11.0. The Morgan fingerprint density at radius 2 is 2.17 bits per heavy atom. The second kappa shape index (κ2) is 12.9. The van der Waals surface area contributed by atoms with Crippen LogP contribution in [-0.2, 0) is 21.7 Å². The SMILES string of the molecule is CCOC(=O)Cc1csc(NN=Cc2ccc(OC)c(CSc3nc(C(F)F)cc(C)c3C#N)c2)n1. The number of pyridine rings is 1. The average molecular weight is 532 g/mol. The Balaban J connectivity index is 1.71. The van der Waals surface area contributed by atoms with Crippen LogP contribution < -0.4 is 10.2 Å². The predicted octanol–water partition coefficient (Wildman–Crippen LogP) is 5.51. The number of thiazole rings is 1. The van der Waals surface area contributed by atoms with Crippen molar-refractivity contribution < 1.29 is 23.0 Å². The van der Waals surface area contributed by atoms with Gasteiger partial charge in [-0.1, -0.05) is 0 Å². The van der Waals surface area contributed by atoms with E-state index >= 15 is 0 Å². The van der Waals surface area contributed by atoms with Crippen molar-refractivity contribution in [1.29, 1.82) is 5.26 Å². The molecule has 0 aliphatic heterocycles. The molecule has 1 N–H and O–H groups in total. The summed E-state index contributed by atoms with van der Waals surface area (Å²) in [6.45, 7) is 3.68. The number of nitriles is 1. The second-order valence-electron chi connectivity index (χ2n) is 7.31. The lowest BCUT2D eigenvalue weighted by Gasteiger charge is -2.11. The number of rotatable bonds is 11. The number of anilines is 1. The number of methoxy groups -OCH3 is 1. The standard InChI is InChI=1S/C24H23F2N5O3S2/c1-4-34-21(32)9-17-13-36-24(29-17)31-28-11-15-5-6-20(33-3)16(8-15)12-35-23-18(10-27)14(2)7-19(30-23)22(25)26/h5-8,11,13,22H,4,9,12H2,1-3H3,(H,29,31). The smallest absolute Gasteiger partial charge is 0.311 e. The van der Waals surface area contributed by atoms with E-state index in [1.807, 2.05) is 18.2 Å². The molecule has 3 rings (SSSR count). The van der Waals surface area contributed by atoms with Gasteiger partial charge in [0.1, 0.15) is 22.5 Å². The molecule has 0 spiro atoms. The number of aromatic nitrogens is 2. The van der Waals surface area contributed by atoms with Crippen molar-refractivity contribution in [3.63, 3.8) is 0 Å². The highest BCUT2D eigenvalue weighted by Gasteiger charge is 2.17. The highest BCUT2D eigenvalue weighted by Crippen LogP contribution is 2.32. The summed E-state index contributed by atoms with van der Waals surface area (Å²) in [6, 6.07) is 8.72. The third kappa shape index (κ3) is 7.22. The fraction of sp³-hybridized carbons (Fsp3) is 0.292. The number of nitrogens with zero attached hydrogens (tertiary/aromatic N) is 4.